The molecule has 84 valence electrons. The van der Waals surface area contributed by atoms with Crippen molar-refractivity contribution in [2.24, 2.45) is 5.92 Å². The minimum absolute atomic E-state index is 0.615. The average molecular weight is 199 g/mol. The number of ether oxygens (including phenoxy) is 1. The summed E-state index contributed by atoms with van der Waals surface area (Å²) in [5.41, 5.74) is 0. The number of hydrogen-bond acceptors (Lipinski definition) is 2. The molecule has 0 aromatic rings. The lowest BCUT2D eigenvalue weighted by Gasteiger charge is -2.23. The van der Waals surface area contributed by atoms with E-state index in [1.54, 1.807) is 0 Å². The van der Waals surface area contributed by atoms with Crippen LogP contribution in [0.5, 0.6) is 0 Å². The average Bonchev–Trinajstić information content (AvgIpc) is 2.67. The summed E-state index contributed by atoms with van der Waals surface area (Å²) in [4.78, 5) is 0. The molecule has 3 unspecified atom stereocenters. The molecule has 1 fully saturated rings. The monoisotopic (exact) mass is 199 g/mol. The molecular weight excluding hydrogens is 174 g/mol. The molecule has 2 nitrogen and oxygen atoms in total. The van der Waals surface area contributed by atoms with E-state index in [1.807, 2.05) is 0 Å². The molecule has 1 aliphatic rings. The summed E-state index contributed by atoms with van der Waals surface area (Å²) in [6.45, 7) is 8.75. The first-order valence-corrected chi connectivity index (χ1v) is 6.07. The summed E-state index contributed by atoms with van der Waals surface area (Å²) in [7, 11) is 0. The Bertz CT molecular complexity index is 143. The van der Waals surface area contributed by atoms with Gasteiger partial charge in [-0.15, -0.1) is 0 Å². The van der Waals surface area contributed by atoms with E-state index < -0.39 is 0 Å². The van der Waals surface area contributed by atoms with Crippen LogP contribution in [0.15, 0.2) is 0 Å². The van der Waals surface area contributed by atoms with Crippen LogP contribution in [-0.2, 0) is 4.74 Å². The minimum atomic E-state index is 0.615. The number of hydrogen-bond donors (Lipinski definition) is 1. The molecule has 1 saturated heterocycles. The van der Waals surface area contributed by atoms with Crippen molar-refractivity contribution in [1.29, 1.82) is 0 Å². The minimum Gasteiger partial charge on any atom is -0.381 e. The lowest BCUT2D eigenvalue weighted by molar-refractivity contribution is 0.176. The van der Waals surface area contributed by atoms with Crippen LogP contribution in [0.3, 0.4) is 0 Å². The van der Waals surface area contributed by atoms with Crippen molar-refractivity contribution in [1.82, 2.24) is 5.32 Å². The molecule has 0 radical (unpaired) electrons. The second-order valence-corrected chi connectivity index (χ2v) is 4.62. The van der Waals surface area contributed by atoms with E-state index in [0.29, 0.717) is 12.1 Å². The van der Waals surface area contributed by atoms with Crippen LogP contribution >= 0.6 is 0 Å². The van der Waals surface area contributed by atoms with Gasteiger partial charge in [0.05, 0.1) is 6.61 Å². The van der Waals surface area contributed by atoms with Crippen LogP contribution in [0.2, 0.25) is 0 Å². The molecular formula is C12H25NO. The largest absolute Gasteiger partial charge is 0.381 e. The van der Waals surface area contributed by atoms with Crippen molar-refractivity contribution in [3.8, 4) is 0 Å². The van der Waals surface area contributed by atoms with Crippen molar-refractivity contribution >= 4 is 0 Å². The van der Waals surface area contributed by atoms with Gasteiger partial charge < -0.3 is 10.1 Å². The van der Waals surface area contributed by atoms with Gasteiger partial charge in [-0.3, -0.25) is 0 Å². The molecule has 0 bridgehead atoms. The molecule has 14 heavy (non-hydrogen) atoms. The first-order chi connectivity index (χ1) is 6.74. The van der Waals surface area contributed by atoms with Gasteiger partial charge in [-0.25, -0.2) is 0 Å². The van der Waals surface area contributed by atoms with Crippen molar-refractivity contribution in [2.75, 3.05) is 13.2 Å². The fourth-order valence-corrected chi connectivity index (χ4v) is 2.13. The van der Waals surface area contributed by atoms with Crippen LogP contribution in [-0.4, -0.2) is 25.3 Å². The maximum Gasteiger partial charge on any atom is 0.0509 e. The first kappa shape index (κ1) is 12.0. The standard InChI is InChI=1S/C12H25NO/c1-4-5-6-10(2)13-11(3)12-7-8-14-9-12/h10-13H,4-9H2,1-3H3. The molecule has 3 atom stereocenters. The number of rotatable bonds is 6. The van der Waals surface area contributed by atoms with E-state index in [9.17, 15) is 0 Å². The zero-order chi connectivity index (χ0) is 10.4. The van der Waals surface area contributed by atoms with E-state index in [1.165, 1.54) is 25.7 Å². The van der Waals surface area contributed by atoms with E-state index >= 15 is 0 Å². The summed E-state index contributed by atoms with van der Waals surface area (Å²) in [6, 6.07) is 1.27. The number of unbranched alkanes of at least 4 members (excludes halogenated alkanes) is 1. The summed E-state index contributed by atoms with van der Waals surface area (Å²) in [5.74, 6) is 0.735. The van der Waals surface area contributed by atoms with Gasteiger partial charge in [0.1, 0.15) is 0 Å². The molecule has 0 aliphatic carbocycles. The van der Waals surface area contributed by atoms with Gasteiger partial charge in [0.15, 0.2) is 0 Å². The zero-order valence-corrected chi connectivity index (χ0v) is 9.88. The molecule has 1 rings (SSSR count). The molecule has 1 aliphatic heterocycles. The van der Waals surface area contributed by atoms with Crippen molar-refractivity contribution in [2.45, 2.75) is 58.5 Å². The van der Waals surface area contributed by atoms with Gasteiger partial charge in [0.2, 0.25) is 0 Å². The molecule has 1 heterocycles. The van der Waals surface area contributed by atoms with Crippen LogP contribution in [0.25, 0.3) is 0 Å². The van der Waals surface area contributed by atoms with E-state index in [-0.39, 0.29) is 0 Å². The Morgan fingerprint density at radius 3 is 2.79 bits per heavy atom. The maximum atomic E-state index is 5.40. The fourth-order valence-electron chi connectivity index (χ4n) is 2.13. The Morgan fingerprint density at radius 2 is 2.21 bits per heavy atom. The van der Waals surface area contributed by atoms with Gasteiger partial charge in [-0.05, 0) is 32.6 Å². The third-order valence-corrected chi connectivity index (χ3v) is 3.21. The highest BCUT2D eigenvalue weighted by atomic mass is 16.5. The maximum absolute atomic E-state index is 5.40. The first-order valence-electron chi connectivity index (χ1n) is 6.07. The van der Waals surface area contributed by atoms with Gasteiger partial charge in [0.25, 0.3) is 0 Å². The van der Waals surface area contributed by atoms with Crippen LogP contribution in [0, 0.1) is 5.92 Å². The zero-order valence-electron chi connectivity index (χ0n) is 9.88. The normalized spacial score (nSPS) is 26.4. The molecule has 0 saturated carbocycles. The van der Waals surface area contributed by atoms with E-state index in [2.05, 4.69) is 26.1 Å². The highest BCUT2D eigenvalue weighted by Crippen LogP contribution is 2.17. The SMILES string of the molecule is CCCCC(C)NC(C)C1CCOC1. The quantitative estimate of drug-likeness (QED) is 0.710. The third kappa shape index (κ3) is 3.97. The summed E-state index contributed by atoms with van der Waals surface area (Å²) in [5, 5.41) is 3.68. The lowest BCUT2D eigenvalue weighted by atomic mass is 9.99. The second-order valence-electron chi connectivity index (χ2n) is 4.62. The Balaban J connectivity index is 2.14. The predicted molar refractivity (Wildman–Crippen MR) is 60.5 cm³/mol. The molecule has 0 aromatic heterocycles. The topological polar surface area (TPSA) is 21.3 Å². The van der Waals surface area contributed by atoms with Gasteiger partial charge in [0, 0.05) is 18.7 Å². The lowest BCUT2D eigenvalue weighted by Crippen LogP contribution is -2.39. The van der Waals surface area contributed by atoms with Gasteiger partial charge in [-0.2, -0.15) is 0 Å². The molecule has 0 aromatic carbocycles. The third-order valence-electron chi connectivity index (χ3n) is 3.21. The smallest absolute Gasteiger partial charge is 0.0509 e. The highest BCUT2D eigenvalue weighted by molar-refractivity contribution is 4.77. The molecule has 1 N–H and O–H groups in total. The molecule has 2 heteroatoms. The number of nitrogens with one attached hydrogen (secondary N) is 1. The highest BCUT2D eigenvalue weighted by Gasteiger charge is 2.22. The molecule has 0 spiro atoms. The van der Waals surface area contributed by atoms with Crippen molar-refractivity contribution in [3.05, 3.63) is 0 Å². The predicted octanol–water partition coefficient (Wildman–Crippen LogP) is 2.58. The summed E-state index contributed by atoms with van der Waals surface area (Å²) < 4.78 is 5.40. The Labute approximate surface area is 88.4 Å². The van der Waals surface area contributed by atoms with E-state index in [4.69, 9.17) is 4.74 Å². The van der Waals surface area contributed by atoms with Crippen LogP contribution in [0.1, 0.15) is 46.5 Å². The van der Waals surface area contributed by atoms with Crippen molar-refractivity contribution < 1.29 is 4.74 Å². The summed E-state index contributed by atoms with van der Waals surface area (Å²) >= 11 is 0. The molecule has 0 amide bonds. The van der Waals surface area contributed by atoms with Crippen molar-refractivity contribution in [3.63, 3.8) is 0 Å². The Hall–Kier alpha value is -0.0800. The van der Waals surface area contributed by atoms with Crippen LogP contribution < -0.4 is 5.32 Å². The van der Waals surface area contributed by atoms with E-state index in [0.717, 1.165) is 19.1 Å². The Kier molecular flexibility index (Phi) is 5.49. The second kappa shape index (κ2) is 6.41. The Morgan fingerprint density at radius 1 is 1.43 bits per heavy atom. The van der Waals surface area contributed by atoms with Crippen LogP contribution in [0.4, 0.5) is 0 Å². The fraction of sp³-hybridized carbons (Fsp3) is 1.00. The van der Waals surface area contributed by atoms with Gasteiger partial charge >= 0.3 is 0 Å². The van der Waals surface area contributed by atoms with Gasteiger partial charge in [-0.1, -0.05) is 19.8 Å². The summed E-state index contributed by atoms with van der Waals surface area (Å²) in [6.07, 6.45) is 5.16.